The number of para-hydroxylation sites is 1. The average Bonchev–Trinajstić information content (AvgIpc) is 2.92. The molecule has 7 nitrogen and oxygen atoms in total. The Hall–Kier alpha value is -2.19. The van der Waals surface area contributed by atoms with Crippen molar-refractivity contribution in [1.29, 1.82) is 0 Å². The van der Waals surface area contributed by atoms with Gasteiger partial charge in [0.2, 0.25) is 0 Å². The lowest BCUT2D eigenvalue weighted by Gasteiger charge is -2.17. The molecule has 9 heteroatoms. The number of hydrogen-bond acceptors (Lipinski definition) is 6. The van der Waals surface area contributed by atoms with Gasteiger partial charge in [0.15, 0.2) is 15.9 Å². The predicted octanol–water partition coefficient (Wildman–Crippen LogP) is 1.74. The summed E-state index contributed by atoms with van der Waals surface area (Å²) in [7, 11) is -3.11. The van der Waals surface area contributed by atoms with Crippen molar-refractivity contribution in [2.45, 2.75) is 25.5 Å². The van der Waals surface area contributed by atoms with Gasteiger partial charge in [-0.3, -0.25) is 4.79 Å². The first-order chi connectivity index (χ1) is 12.2. The van der Waals surface area contributed by atoms with Crippen LogP contribution >= 0.6 is 11.6 Å². The van der Waals surface area contributed by atoms with Gasteiger partial charge in [-0.25, -0.2) is 18.2 Å². The van der Waals surface area contributed by atoms with Crippen molar-refractivity contribution in [2.75, 3.05) is 11.5 Å². The summed E-state index contributed by atoms with van der Waals surface area (Å²) in [6.07, 6.45) is -0.712. The molecule has 0 unspecified atom stereocenters. The summed E-state index contributed by atoms with van der Waals surface area (Å²) in [5, 5.41) is 3.31. The Balaban J connectivity index is 1.71. The normalized spacial score (nSPS) is 19.8. The fraction of sp³-hybridized carbons (Fsp3) is 0.353. The third-order valence-electron chi connectivity index (χ3n) is 4.14. The second-order valence-electron chi connectivity index (χ2n) is 6.17. The summed E-state index contributed by atoms with van der Waals surface area (Å²) in [6, 6.07) is 7.89. The highest BCUT2D eigenvalue weighted by Crippen LogP contribution is 2.22. The van der Waals surface area contributed by atoms with E-state index in [2.05, 4.69) is 10.3 Å². The van der Waals surface area contributed by atoms with Crippen molar-refractivity contribution < 1.29 is 22.7 Å². The van der Waals surface area contributed by atoms with Crippen LogP contribution in [-0.4, -0.2) is 48.9 Å². The monoisotopic (exact) mass is 396 g/mol. The number of fused-ring (bicyclic) bond motifs is 1. The Bertz CT molecular complexity index is 976. The summed E-state index contributed by atoms with van der Waals surface area (Å²) in [5.41, 5.74) is 0.754. The van der Waals surface area contributed by atoms with Crippen molar-refractivity contribution in [1.82, 2.24) is 10.3 Å². The number of amides is 1. The summed E-state index contributed by atoms with van der Waals surface area (Å²) >= 11 is 5.95. The molecule has 2 aromatic rings. The zero-order chi connectivity index (χ0) is 18.9. The summed E-state index contributed by atoms with van der Waals surface area (Å²) in [4.78, 5) is 28.8. The van der Waals surface area contributed by atoms with Crippen LogP contribution in [0.4, 0.5) is 0 Å². The SMILES string of the molecule is C[C@H](OC(=O)c1cc(Cl)nc2ccccc12)C(=O)N[C@@H]1CCS(=O)(=O)C1. The number of ether oxygens (including phenoxy) is 1. The minimum atomic E-state index is -3.11. The lowest BCUT2D eigenvalue weighted by Crippen LogP contribution is -2.42. The van der Waals surface area contributed by atoms with E-state index in [1.54, 1.807) is 24.3 Å². The third-order valence-corrected chi connectivity index (χ3v) is 6.10. The quantitative estimate of drug-likeness (QED) is 0.623. The zero-order valence-electron chi connectivity index (χ0n) is 13.9. The number of halogens is 1. The van der Waals surface area contributed by atoms with Gasteiger partial charge in [-0.15, -0.1) is 0 Å². The van der Waals surface area contributed by atoms with E-state index in [9.17, 15) is 18.0 Å². The predicted molar refractivity (Wildman–Crippen MR) is 96.8 cm³/mol. The van der Waals surface area contributed by atoms with Gasteiger partial charge in [-0.2, -0.15) is 0 Å². The number of pyridine rings is 1. The maximum absolute atomic E-state index is 12.5. The second-order valence-corrected chi connectivity index (χ2v) is 8.78. The van der Waals surface area contributed by atoms with E-state index >= 15 is 0 Å². The van der Waals surface area contributed by atoms with Crippen LogP contribution in [0.3, 0.4) is 0 Å². The van der Waals surface area contributed by atoms with Gasteiger partial charge in [0.1, 0.15) is 5.15 Å². The summed E-state index contributed by atoms with van der Waals surface area (Å²) < 4.78 is 28.1. The van der Waals surface area contributed by atoms with Gasteiger partial charge in [-0.05, 0) is 25.5 Å². The van der Waals surface area contributed by atoms with Crippen molar-refractivity contribution in [3.05, 3.63) is 41.0 Å². The van der Waals surface area contributed by atoms with Crippen molar-refractivity contribution in [3.63, 3.8) is 0 Å². The second kappa shape index (κ2) is 7.20. The molecule has 0 saturated carbocycles. The average molecular weight is 397 g/mol. The highest BCUT2D eigenvalue weighted by molar-refractivity contribution is 7.91. The highest BCUT2D eigenvalue weighted by atomic mass is 35.5. The third kappa shape index (κ3) is 4.13. The van der Waals surface area contributed by atoms with Crippen LogP contribution in [-0.2, 0) is 19.4 Å². The molecule has 26 heavy (non-hydrogen) atoms. The molecule has 1 N–H and O–H groups in total. The molecule has 1 aromatic carbocycles. The number of carbonyl (C=O) groups excluding carboxylic acids is 2. The minimum absolute atomic E-state index is 0.0492. The van der Waals surface area contributed by atoms with Gasteiger partial charge >= 0.3 is 5.97 Å². The summed E-state index contributed by atoms with van der Waals surface area (Å²) in [6.45, 7) is 1.43. The summed E-state index contributed by atoms with van der Waals surface area (Å²) in [5.74, 6) is -1.28. The van der Waals surface area contributed by atoms with Crippen LogP contribution in [0.2, 0.25) is 5.15 Å². The van der Waals surface area contributed by atoms with Crippen LogP contribution < -0.4 is 5.32 Å². The molecule has 0 spiro atoms. The van der Waals surface area contributed by atoms with Crippen LogP contribution in [0.5, 0.6) is 0 Å². The maximum atomic E-state index is 12.5. The Kier molecular flexibility index (Phi) is 5.15. The number of nitrogens with zero attached hydrogens (tertiary/aromatic N) is 1. The molecule has 138 valence electrons. The number of nitrogens with one attached hydrogen (secondary N) is 1. The number of hydrogen-bond donors (Lipinski definition) is 1. The smallest absolute Gasteiger partial charge is 0.339 e. The van der Waals surface area contributed by atoms with Gasteiger partial charge in [-0.1, -0.05) is 29.8 Å². The number of benzene rings is 1. The molecule has 1 amide bonds. The number of carbonyl (C=O) groups is 2. The van der Waals surface area contributed by atoms with Gasteiger partial charge < -0.3 is 10.1 Å². The molecule has 1 saturated heterocycles. The zero-order valence-corrected chi connectivity index (χ0v) is 15.5. The minimum Gasteiger partial charge on any atom is -0.449 e. The lowest BCUT2D eigenvalue weighted by atomic mass is 10.1. The van der Waals surface area contributed by atoms with Crippen molar-refractivity contribution >= 4 is 44.2 Å². The molecular weight excluding hydrogens is 380 g/mol. The molecule has 3 rings (SSSR count). The first kappa shape index (κ1) is 18.6. The Morgan fingerprint density at radius 3 is 2.77 bits per heavy atom. The molecule has 1 aliphatic rings. The Labute approximate surface area is 155 Å². The van der Waals surface area contributed by atoms with Gasteiger partial charge in [0, 0.05) is 11.4 Å². The molecule has 0 aliphatic carbocycles. The molecule has 1 aromatic heterocycles. The first-order valence-corrected chi connectivity index (χ1v) is 10.2. The fourth-order valence-electron chi connectivity index (χ4n) is 2.82. The van der Waals surface area contributed by atoms with Gasteiger partial charge in [0.05, 0.1) is 22.6 Å². The van der Waals surface area contributed by atoms with E-state index in [1.807, 2.05) is 0 Å². The van der Waals surface area contributed by atoms with E-state index in [4.69, 9.17) is 16.3 Å². The number of sulfone groups is 1. The molecule has 1 aliphatic heterocycles. The van der Waals surface area contributed by atoms with Crippen molar-refractivity contribution in [3.8, 4) is 0 Å². The first-order valence-electron chi connectivity index (χ1n) is 8.02. The number of esters is 1. The molecule has 0 radical (unpaired) electrons. The Morgan fingerprint density at radius 2 is 2.08 bits per heavy atom. The largest absolute Gasteiger partial charge is 0.449 e. The van der Waals surface area contributed by atoms with Crippen LogP contribution in [0.25, 0.3) is 10.9 Å². The maximum Gasteiger partial charge on any atom is 0.339 e. The molecule has 2 atom stereocenters. The van der Waals surface area contributed by atoms with Crippen LogP contribution in [0, 0.1) is 0 Å². The number of aromatic nitrogens is 1. The molecular formula is C17H17ClN2O5S. The van der Waals surface area contributed by atoms with Gasteiger partial charge in [0.25, 0.3) is 5.91 Å². The molecule has 1 fully saturated rings. The van der Waals surface area contributed by atoms with E-state index in [1.165, 1.54) is 13.0 Å². The Morgan fingerprint density at radius 1 is 1.35 bits per heavy atom. The van der Waals surface area contributed by atoms with E-state index < -0.39 is 33.9 Å². The van der Waals surface area contributed by atoms with E-state index in [-0.39, 0.29) is 22.2 Å². The van der Waals surface area contributed by atoms with Crippen molar-refractivity contribution in [2.24, 2.45) is 0 Å². The highest BCUT2D eigenvalue weighted by Gasteiger charge is 2.31. The van der Waals surface area contributed by atoms with E-state index in [0.717, 1.165) is 0 Å². The molecule has 0 bridgehead atoms. The standard InChI is InChI=1S/C17H17ClN2O5S/c1-10(16(21)19-11-6-7-26(23,24)9-11)25-17(22)13-8-15(18)20-14-5-3-2-4-12(13)14/h2-5,8,10-11H,6-7,9H2,1H3,(H,19,21)/t10-,11+/m0/s1. The molecule has 2 heterocycles. The van der Waals surface area contributed by atoms with E-state index in [0.29, 0.717) is 17.3 Å². The topological polar surface area (TPSA) is 102 Å². The fourth-order valence-corrected chi connectivity index (χ4v) is 4.69. The van der Waals surface area contributed by atoms with Crippen LogP contribution in [0.15, 0.2) is 30.3 Å². The number of rotatable bonds is 4. The van der Waals surface area contributed by atoms with Crippen LogP contribution in [0.1, 0.15) is 23.7 Å². The lowest BCUT2D eigenvalue weighted by molar-refractivity contribution is -0.129.